The highest BCUT2D eigenvalue weighted by Crippen LogP contribution is 2.39. The molecule has 1 aliphatic carbocycles. The molecular weight excluding hydrogens is 146 g/mol. The number of pyridine rings is 1. The maximum absolute atomic E-state index is 4.24. The summed E-state index contributed by atoms with van der Waals surface area (Å²) in [6.07, 6.45) is 4.74. The van der Waals surface area contributed by atoms with Crippen molar-refractivity contribution in [2.45, 2.75) is 39.5 Å². The Labute approximate surface area is 74.8 Å². The lowest BCUT2D eigenvalue weighted by Crippen LogP contribution is -1.83. The molecule has 0 N–H and O–H groups in total. The first-order valence-corrected chi connectivity index (χ1v) is 4.79. The van der Waals surface area contributed by atoms with Crippen LogP contribution in [0.4, 0.5) is 0 Å². The Morgan fingerprint density at radius 1 is 1.25 bits per heavy atom. The van der Waals surface area contributed by atoms with Crippen molar-refractivity contribution in [3.63, 3.8) is 0 Å². The first-order valence-electron chi connectivity index (χ1n) is 4.79. The fourth-order valence-electron chi connectivity index (χ4n) is 1.14. The van der Waals surface area contributed by atoms with E-state index in [0.29, 0.717) is 0 Å². The van der Waals surface area contributed by atoms with Gasteiger partial charge in [0.25, 0.3) is 0 Å². The van der Waals surface area contributed by atoms with Crippen LogP contribution in [-0.4, -0.2) is 4.98 Å². The van der Waals surface area contributed by atoms with E-state index in [1.807, 2.05) is 27.0 Å². The molecule has 0 atom stereocenters. The molecule has 1 heteroatoms. The van der Waals surface area contributed by atoms with E-state index < -0.39 is 0 Å². The third kappa shape index (κ3) is 2.33. The van der Waals surface area contributed by atoms with E-state index in [9.17, 15) is 0 Å². The van der Waals surface area contributed by atoms with Crippen molar-refractivity contribution in [2.75, 3.05) is 0 Å². The Morgan fingerprint density at radius 3 is 2.33 bits per heavy atom. The van der Waals surface area contributed by atoms with Gasteiger partial charge in [-0.3, -0.25) is 4.98 Å². The number of aryl methyl sites for hydroxylation is 1. The van der Waals surface area contributed by atoms with Crippen molar-refractivity contribution < 1.29 is 0 Å². The van der Waals surface area contributed by atoms with Crippen LogP contribution in [0.2, 0.25) is 0 Å². The normalized spacial score (nSPS) is 14.9. The van der Waals surface area contributed by atoms with Gasteiger partial charge in [0.15, 0.2) is 0 Å². The predicted molar refractivity (Wildman–Crippen MR) is 52.3 cm³/mol. The second kappa shape index (κ2) is 4.24. The summed E-state index contributed by atoms with van der Waals surface area (Å²) in [6.45, 7) is 6.02. The molecule has 0 aliphatic heterocycles. The molecule has 0 bridgehead atoms. The van der Waals surface area contributed by atoms with Gasteiger partial charge in [-0.2, -0.15) is 0 Å². The van der Waals surface area contributed by atoms with Gasteiger partial charge in [0.1, 0.15) is 0 Å². The maximum atomic E-state index is 4.24. The smallest absolute Gasteiger partial charge is 0.0372 e. The molecule has 1 aromatic heterocycles. The SMILES string of the molecule is CC.Cc1ccc(C2CC2)cn1. The van der Waals surface area contributed by atoms with Gasteiger partial charge < -0.3 is 0 Å². The first-order chi connectivity index (χ1) is 5.86. The van der Waals surface area contributed by atoms with Crippen molar-refractivity contribution in [2.24, 2.45) is 0 Å². The summed E-state index contributed by atoms with van der Waals surface area (Å²) in [5.74, 6) is 0.841. The van der Waals surface area contributed by atoms with E-state index in [0.717, 1.165) is 11.6 Å². The molecule has 1 heterocycles. The Morgan fingerprint density at radius 2 is 1.92 bits per heavy atom. The molecule has 0 aromatic carbocycles. The van der Waals surface area contributed by atoms with Crippen LogP contribution in [0.25, 0.3) is 0 Å². The van der Waals surface area contributed by atoms with Gasteiger partial charge in [0.05, 0.1) is 0 Å². The van der Waals surface area contributed by atoms with Crippen LogP contribution in [-0.2, 0) is 0 Å². The lowest BCUT2D eigenvalue weighted by atomic mass is 10.2. The molecule has 2 rings (SSSR count). The number of hydrogen-bond donors (Lipinski definition) is 0. The van der Waals surface area contributed by atoms with Gasteiger partial charge in [-0.25, -0.2) is 0 Å². The Kier molecular flexibility index (Phi) is 3.27. The summed E-state index contributed by atoms with van der Waals surface area (Å²) in [5, 5.41) is 0. The van der Waals surface area contributed by atoms with E-state index in [4.69, 9.17) is 0 Å². The largest absolute Gasteiger partial charge is 0.261 e. The molecule has 1 aliphatic rings. The monoisotopic (exact) mass is 163 g/mol. The zero-order chi connectivity index (χ0) is 8.97. The van der Waals surface area contributed by atoms with Gasteiger partial charge >= 0.3 is 0 Å². The second-order valence-corrected chi connectivity index (χ2v) is 3.01. The van der Waals surface area contributed by atoms with Gasteiger partial charge in [-0.05, 0) is 37.3 Å². The Balaban J connectivity index is 0.000000336. The van der Waals surface area contributed by atoms with Crippen molar-refractivity contribution >= 4 is 0 Å². The summed E-state index contributed by atoms with van der Waals surface area (Å²) < 4.78 is 0. The molecule has 0 amide bonds. The average molecular weight is 163 g/mol. The summed E-state index contributed by atoms with van der Waals surface area (Å²) in [4.78, 5) is 4.24. The van der Waals surface area contributed by atoms with Gasteiger partial charge in [0.2, 0.25) is 0 Å². The number of rotatable bonds is 1. The average Bonchev–Trinajstić information content (AvgIpc) is 2.93. The molecule has 1 fully saturated rings. The number of hydrogen-bond acceptors (Lipinski definition) is 1. The Hall–Kier alpha value is -0.850. The molecule has 1 aromatic rings. The molecule has 66 valence electrons. The van der Waals surface area contributed by atoms with E-state index in [1.54, 1.807) is 0 Å². The minimum Gasteiger partial charge on any atom is -0.261 e. The van der Waals surface area contributed by atoms with Crippen molar-refractivity contribution in [3.8, 4) is 0 Å². The minimum absolute atomic E-state index is 0.841. The highest BCUT2D eigenvalue weighted by molar-refractivity contribution is 5.21. The third-order valence-electron chi connectivity index (χ3n) is 1.98. The van der Waals surface area contributed by atoms with Crippen LogP contribution in [0.3, 0.4) is 0 Å². The molecule has 0 radical (unpaired) electrons. The molecule has 1 saturated carbocycles. The Bertz CT molecular complexity index is 221. The molecule has 0 saturated heterocycles. The van der Waals surface area contributed by atoms with E-state index in [1.165, 1.54) is 18.4 Å². The molecular formula is C11H17N. The van der Waals surface area contributed by atoms with Crippen LogP contribution in [0.1, 0.15) is 43.9 Å². The zero-order valence-electron chi connectivity index (χ0n) is 8.17. The second-order valence-electron chi connectivity index (χ2n) is 3.01. The highest BCUT2D eigenvalue weighted by Gasteiger charge is 2.23. The molecule has 0 unspecified atom stereocenters. The zero-order valence-corrected chi connectivity index (χ0v) is 8.17. The standard InChI is InChI=1S/C9H11N.C2H6/c1-7-2-3-9(6-10-7)8-4-5-8;1-2/h2-3,6,8H,4-5H2,1H3;1-2H3. The summed E-state index contributed by atoms with van der Waals surface area (Å²) in [5.41, 5.74) is 2.54. The van der Waals surface area contributed by atoms with Gasteiger partial charge in [0, 0.05) is 11.9 Å². The summed E-state index contributed by atoms with van der Waals surface area (Å²) in [6, 6.07) is 4.29. The number of nitrogens with zero attached hydrogens (tertiary/aromatic N) is 1. The minimum atomic E-state index is 0.841. The van der Waals surface area contributed by atoms with Crippen molar-refractivity contribution in [1.82, 2.24) is 4.98 Å². The van der Waals surface area contributed by atoms with Crippen molar-refractivity contribution in [1.29, 1.82) is 0 Å². The predicted octanol–water partition coefficient (Wildman–Crippen LogP) is 3.29. The van der Waals surface area contributed by atoms with Crippen LogP contribution >= 0.6 is 0 Å². The topological polar surface area (TPSA) is 12.9 Å². The molecule has 0 spiro atoms. The summed E-state index contributed by atoms with van der Waals surface area (Å²) in [7, 11) is 0. The van der Waals surface area contributed by atoms with Crippen LogP contribution in [0, 0.1) is 6.92 Å². The van der Waals surface area contributed by atoms with Gasteiger partial charge in [-0.15, -0.1) is 0 Å². The van der Waals surface area contributed by atoms with Crippen LogP contribution < -0.4 is 0 Å². The fraction of sp³-hybridized carbons (Fsp3) is 0.545. The van der Waals surface area contributed by atoms with E-state index in [2.05, 4.69) is 17.1 Å². The van der Waals surface area contributed by atoms with Crippen LogP contribution in [0.15, 0.2) is 18.3 Å². The van der Waals surface area contributed by atoms with Gasteiger partial charge in [-0.1, -0.05) is 19.9 Å². The van der Waals surface area contributed by atoms with Crippen LogP contribution in [0.5, 0.6) is 0 Å². The third-order valence-corrected chi connectivity index (χ3v) is 1.98. The fourth-order valence-corrected chi connectivity index (χ4v) is 1.14. The lowest BCUT2D eigenvalue weighted by Gasteiger charge is -1.95. The maximum Gasteiger partial charge on any atom is 0.0372 e. The van der Waals surface area contributed by atoms with Crippen molar-refractivity contribution in [3.05, 3.63) is 29.6 Å². The van der Waals surface area contributed by atoms with E-state index in [-0.39, 0.29) is 0 Å². The summed E-state index contributed by atoms with van der Waals surface area (Å²) >= 11 is 0. The quantitative estimate of drug-likeness (QED) is 0.619. The first kappa shape index (κ1) is 9.24. The molecule has 12 heavy (non-hydrogen) atoms. The number of aromatic nitrogens is 1. The lowest BCUT2D eigenvalue weighted by molar-refractivity contribution is 1.07. The molecule has 1 nitrogen and oxygen atoms in total. The highest BCUT2D eigenvalue weighted by atomic mass is 14.7. The van der Waals surface area contributed by atoms with E-state index >= 15 is 0 Å².